The van der Waals surface area contributed by atoms with Crippen molar-refractivity contribution in [1.29, 1.82) is 0 Å². The average molecular weight is 539 g/mol. The molecular formula is C26H26Cl2F2N2O2S. The van der Waals surface area contributed by atoms with Crippen LogP contribution in [0, 0.1) is 17.0 Å². The molecule has 0 aromatic heterocycles. The van der Waals surface area contributed by atoms with E-state index in [4.69, 9.17) is 28.9 Å². The van der Waals surface area contributed by atoms with Crippen molar-refractivity contribution in [2.45, 2.75) is 17.7 Å². The zero-order valence-corrected chi connectivity index (χ0v) is 21.4. The van der Waals surface area contributed by atoms with E-state index in [9.17, 15) is 17.2 Å². The Hall–Kier alpha value is -2.03. The van der Waals surface area contributed by atoms with Crippen LogP contribution >= 0.6 is 23.2 Å². The molecule has 4 nitrogen and oxygen atoms in total. The van der Waals surface area contributed by atoms with Gasteiger partial charge in [0.05, 0.1) is 11.3 Å². The van der Waals surface area contributed by atoms with Gasteiger partial charge in [0, 0.05) is 40.9 Å². The molecule has 1 heterocycles. The maximum atomic E-state index is 14.1. The number of hydrogen-bond donors (Lipinski definition) is 1. The summed E-state index contributed by atoms with van der Waals surface area (Å²) in [7, 11) is -3.73. The summed E-state index contributed by atoms with van der Waals surface area (Å²) in [5, 5.41) is 0.112. The van der Waals surface area contributed by atoms with Crippen LogP contribution in [-0.2, 0) is 9.84 Å². The summed E-state index contributed by atoms with van der Waals surface area (Å²) in [5.41, 5.74) is 7.18. The second kappa shape index (κ2) is 10.1. The van der Waals surface area contributed by atoms with Crippen molar-refractivity contribution in [3.8, 4) is 0 Å². The zero-order valence-electron chi connectivity index (χ0n) is 19.1. The number of nitrogens with two attached hydrogens (primary N) is 1. The number of sulfone groups is 1. The van der Waals surface area contributed by atoms with Crippen molar-refractivity contribution in [3.05, 3.63) is 105 Å². The zero-order chi connectivity index (χ0) is 25.4. The van der Waals surface area contributed by atoms with Crippen LogP contribution in [0.5, 0.6) is 0 Å². The van der Waals surface area contributed by atoms with Gasteiger partial charge in [-0.05, 0) is 66.1 Å². The summed E-state index contributed by atoms with van der Waals surface area (Å²) in [6.07, 6.45) is 1.49. The van der Waals surface area contributed by atoms with Gasteiger partial charge in [-0.25, -0.2) is 17.2 Å². The van der Waals surface area contributed by atoms with E-state index in [-0.39, 0.29) is 18.2 Å². The van der Waals surface area contributed by atoms with Gasteiger partial charge in [-0.15, -0.1) is 0 Å². The summed E-state index contributed by atoms with van der Waals surface area (Å²) >= 11 is 12.2. The van der Waals surface area contributed by atoms with Crippen LogP contribution in [0.2, 0.25) is 10.0 Å². The van der Waals surface area contributed by atoms with Crippen molar-refractivity contribution < 1.29 is 17.2 Å². The Morgan fingerprint density at radius 1 is 0.886 bits per heavy atom. The van der Waals surface area contributed by atoms with Crippen molar-refractivity contribution in [3.63, 3.8) is 0 Å². The van der Waals surface area contributed by atoms with Crippen LogP contribution in [0.1, 0.15) is 34.4 Å². The van der Waals surface area contributed by atoms with Gasteiger partial charge >= 0.3 is 0 Å². The summed E-state index contributed by atoms with van der Waals surface area (Å²) in [4.78, 5) is 2.15. The van der Waals surface area contributed by atoms with Gasteiger partial charge < -0.3 is 5.73 Å². The highest BCUT2D eigenvalue weighted by atomic mass is 35.5. The van der Waals surface area contributed by atoms with Gasteiger partial charge in [-0.3, -0.25) is 4.90 Å². The van der Waals surface area contributed by atoms with Gasteiger partial charge in [-0.2, -0.15) is 0 Å². The van der Waals surface area contributed by atoms with Crippen molar-refractivity contribution in [2.75, 3.05) is 25.9 Å². The maximum absolute atomic E-state index is 14.1. The first-order valence-electron chi connectivity index (χ1n) is 11.1. The molecule has 9 heteroatoms. The smallest absolute Gasteiger partial charge is 0.155 e. The Kier molecular flexibility index (Phi) is 7.55. The quantitative estimate of drug-likeness (QED) is 0.393. The predicted octanol–water partition coefficient (Wildman–Crippen LogP) is 5.80. The van der Waals surface area contributed by atoms with E-state index in [1.165, 1.54) is 0 Å². The van der Waals surface area contributed by atoms with Crippen LogP contribution in [0.15, 0.2) is 66.7 Å². The topological polar surface area (TPSA) is 63.4 Å². The molecule has 0 amide bonds. The molecule has 3 aromatic rings. The molecule has 4 rings (SSSR count). The normalized spacial score (nSPS) is 16.8. The van der Waals surface area contributed by atoms with Crippen LogP contribution in [-0.4, -0.2) is 39.2 Å². The van der Waals surface area contributed by atoms with Gasteiger partial charge in [0.25, 0.3) is 0 Å². The number of rotatable bonds is 8. The summed E-state index contributed by atoms with van der Waals surface area (Å²) in [6.45, 7) is 0.982. The molecule has 0 radical (unpaired) electrons. The van der Waals surface area contributed by atoms with E-state index in [1.54, 1.807) is 0 Å². The minimum atomic E-state index is -3.73. The third-order valence-corrected chi connectivity index (χ3v) is 8.72. The standard InChI is InChI=1S/C26H26Cl2F2N2O2S/c1-35(33,34)25(19-12-22(29)14-23(30)13-19)26(10-11-31)15-32(16-26)24(17-2-6-20(27)7-3-17)18-4-8-21(28)9-5-18/h2-9,12-14,24-25H,10-11,15-16,31H2,1H3. The average Bonchev–Trinajstić information content (AvgIpc) is 2.73. The Labute approximate surface area is 214 Å². The first-order chi connectivity index (χ1) is 16.5. The highest BCUT2D eigenvalue weighted by molar-refractivity contribution is 7.91. The largest absolute Gasteiger partial charge is 0.330 e. The fraction of sp³-hybridized carbons (Fsp3) is 0.308. The SMILES string of the molecule is CS(=O)(=O)C(c1cc(F)cc(F)c1)C1(CCN)CN(C(c2ccc(Cl)cc2)c2ccc(Cl)cc2)C1. The molecule has 1 saturated heterocycles. The molecule has 0 spiro atoms. The second-order valence-electron chi connectivity index (χ2n) is 9.22. The van der Waals surface area contributed by atoms with Crippen molar-refractivity contribution >= 4 is 33.0 Å². The first kappa shape index (κ1) is 26.0. The van der Waals surface area contributed by atoms with Crippen LogP contribution < -0.4 is 5.73 Å². The lowest BCUT2D eigenvalue weighted by atomic mass is 9.70. The Morgan fingerprint density at radius 3 is 1.74 bits per heavy atom. The Balaban J connectivity index is 1.75. The number of hydrogen-bond acceptors (Lipinski definition) is 4. The second-order valence-corrected chi connectivity index (χ2v) is 12.2. The predicted molar refractivity (Wildman–Crippen MR) is 136 cm³/mol. The number of halogens is 4. The van der Waals surface area contributed by atoms with Crippen LogP contribution in [0.4, 0.5) is 8.78 Å². The van der Waals surface area contributed by atoms with Gasteiger partial charge in [0.15, 0.2) is 9.84 Å². The molecule has 186 valence electrons. The van der Waals surface area contributed by atoms with E-state index in [1.807, 2.05) is 48.5 Å². The van der Waals surface area contributed by atoms with Gasteiger partial charge in [0.1, 0.15) is 11.6 Å². The van der Waals surface area contributed by atoms with E-state index in [0.29, 0.717) is 29.6 Å². The summed E-state index contributed by atoms with van der Waals surface area (Å²) in [5.74, 6) is -1.62. The lowest BCUT2D eigenvalue weighted by molar-refractivity contribution is -0.0299. The molecule has 35 heavy (non-hydrogen) atoms. The molecule has 0 bridgehead atoms. The van der Waals surface area contributed by atoms with Crippen molar-refractivity contribution in [1.82, 2.24) is 4.90 Å². The van der Waals surface area contributed by atoms with E-state index >= 15 is 0 Å². The minimum absolute atomic E-state index is 0.104. The van der Waals surface area contributed by atoms with Crippen molar-refractivity contribution in [2.24, 2.45) is 11.1 Å². The number of likely N-dealkylation sites (tertiary alicyclic amines) is 1. The summed E-state index contributed by atoms with van der Waals surface area (Å²) < 4.78 is 54.2. The van der Waals surface area contributed by atoms with Gasteiger partial charge in [-0.1, -0.05) is 47.5 Å². The molecule has 0 saturated carbocycles. The lowest BCUT2D eigenvalue weighted by Crippen LogP contribution is -2.61. The molecule has 1 aliphatic rings. The molecular weight excluding hydrogens is 513 g/mol. The molecule has 3 aromatic carbocycles. The molecule has 1 unspecified atom stereocenters. The van der Waals surface area contributed by atoms with E-state index in [0.717, 1.165) is 35.6 Å². The van der Waals surface area contributed by atoms with Crippen LogP contribution in [0.25, 0.3) is 0 Å². The lowest BCUT2D eigenvalue weighted by Gasteiger charge is -2.56. The monoisotopic (exact) mass is 538 g/mol. The number of benzene rings is 3. The molecule has 1 aliphatic heterocycles. The number of nitrogens with zero attached hydrogens (tertiary/aromatic N) is 1. The van der Waals surface area contributed by atoms with E-state index in [2.05, 4.69) is 4.90 Å². The van der Waals surface area contributed by atoms with Gasteiger partial charge in [0.2, 0.25) is 0 Å². The molecule has 1 atom stereocenters. The first-order valence-corrected chi connectivity index (χ1v) is 13.8. The van der Waals surface area contributed by atoms with E-state index < -0.39 is 32.1 Å². The third-order valence-electron chi connectivity index (χ3n) is 6.59. The highest BCUT2D eigenvalue weighted by Crippen LogP contribution is 2.52. The Bertz CT molecular complexity index is 1230. The molecule has 1 fully saturated rings. The fourth-order valence-electron chi connectivity index (χ4n) is 5.37. The summed E-state index contributed by atoms with van der Waals surface area (Å²) in [6, 6.07) is 17.7. The highest BCUT2D eigenvalue weighted by Gasteiger charge is 2.54. The molecule has 2 N–H and O–H groups in total. The maximum Gasteiger partial charge on any atom is 0.155 e. The molecule has 0 aliphatic carbocycles. The third kappa shape index (κ3) is 5.54. The minimum Gasteiger partial charge on any atom is -0.330 e. The fourth-order valence-corrected chi connectivity index (χ4v) is 7.43. The van der Waals surface area contributed by atoms with Crippen LogP contribution in [0.3, 0.4) is 0 Å². The Morgan fingerprint density at radius 2 is 1.34 bits per heavy atom.